The summed E-state index contributed by atoms with van der Waals surface area (Å²) in [6, 6.07) is 24.3. The van der Waals surface area contributed by atoms with E-state index in [2.05, 4.69) is 162 Å². The molecule has 0 amide bonds. The van der Waals surface area contributed by atoms with Gasteiger partial charge in [0.05, 0.1) is 115 Å². The van der Waals surface area contributed by atoms with Gasteiger partial charge in [-0.1, -0.05) is 155 Å². The fraction of sp³-hybridized carbons (Fsp3) is 0.550. The zero-order valence-electron chi connectivity index (χ0n) is 80.6. The van der Waals surface area contributed by atoms with Crippen LogP contribution in [0.5, 0.6) is 0 Å². The maximum absolute atomic E-state index is 9.34. The molecule has 0 radical (unpaired) electrons. The molecule has 33 heteroatoms. The van der Waals surface area contributed by atoms with Gasteiger partial charge in [-0.05, 0) is 142 Å². The number of aromatic nitrogens is 20. The summed E-state index contributed by atoms with van der Waals surface area (Å²) in [5.41, 5.74) is 10.9. The Morgan fingerprint density at radius 2 is 0.624 bits per heavy atom. The van der Waals surface area contributed by atoms with Gasteiger partial charge < -0.3 is 37.2 Å². The first kappa shape index (κ1) is 101. The lowest BCUT2D eigenvalue weighted by Gasteiger charge is -2.21. The van der Waals surface area contributed by atoms with E-state index < -0.39 is 32.3 Å². The summed E-state index contributed by atoms with van der Waals surface area (Å²) < 4.78 is 37.6. The van der Waals surface area contributed by atoms with Gasteiger partial charge in [0.25, 0.3) is 0 Å². The Kier molecular flexibility index (Phi) is 37.8. The zero-order chi connectivity index (χ0) is 94.2. The predicted molar refractivity (Wildman–Crippen MR) is 535 cm³/mol. The van der Waals surface area contributed by atoms with Crippen molar-refractivity contribution in [2.75, 3.05) is 26.4 Å². The molecule has 5 fully saturated rings. The molecule has 3 atom stereocenters. The van der Waals surface area contributed by atoms with Gasteiger partial charge in [-0.15, -0.1) is 0 Å². The minimum atomic E-state index is -1.10. The molecule has 0 aliphatic heterocycles. The number of hydrogen-bond donors (Lipinski definition) is 1. The molecule has 133 heavy (non-hydrogen) atoms. The van der Waals surface area contributed by atoms with Crippen LogP contribution in [0.3, 0.4) is 0 Å². The first-order valence-corrected chi connectivity index (χ1v) is 63.0. The standard InChI is InChI=1S/3C23H32N6OSi.C15H21N5OSi.2C8H11N/c3*1-31(2,3)13-12-30-17-28-11-9-20-22(25-16-26-23(20)28)19-14-27-29(15-19)21(8-10-24)18-6-4-5-7-18;1-22(2,3)7-6-21-11-20-5-4-13-14(12-8-18-19-9-12)16-10-17-15(13)20;2*9-7-3-6-8-4-1-2-5-8/h3*9,11,14-16,18,21H,4-8,12-13,17H2,1-3H3;4-5,8-10H,6-7,11H2,1-3H3,(H,18,19);2*3,6,8H,1-2,4-5H2/t21-;;;;;/m0...../s1. The molecular weight excluding hydrogens is 1730 g/mol. The van der Waals surface area contributed by atoms with Gasteiger partial charge in [0, 0.05) is 164 Å². The maximum atomic E-state index is 9.34. The Morgan fingerprint density at radius 1 is 0.361 bits per heavy atom. The third-order valence-corrected chi connectivity index (χ3v) is 32.8. The molecule has 0 spiro atoms. The van der Waals surface area contributed by atoms with Crippen LogP contribution in [-0.2, 0) is 45.9 Å². The molecule has 12 heterocycles. The Labute approximate surface area is 789 Å². The third-order valence-electron chi connectivity index (χ3n) is 26.0. The number of aromatic amines is 1. The summed E-state index contributed by atoms with van der Waals surface area (Å²) in [6.45, 7) is 33.4. The van der Waals surface area contributed by atoms with Crippen LogP contribution < -0.4 is 0 Å². The molecule has 2 unspecified atom stereocenters. The molecule has 704 valence electrons. The average molecular weight is 1870 g/mol. The fourth-order valence-corrected chi connectivity index (χ4v) is 21.2. The number of rotatable bonds is 35. The first-order valence-electron chi connectivity index (χ1n) is 48.2. The molecule has 0 aromatic carbocycles. The highest BCUT2D eigenvalue weighted by Crippen LogP contribution is 2.41. The number of ether oxygens (including phenoxy) is 4. The van der Waals surface area contributed by atoms with Crippen molar-refractivity contribution in [3.05, 3.63) is 148 Å². The van der Waals surface area contributed by atoms with E-state index in [4.69, 9.17) is 29.5 Å². The Bertz CT molecular complexity index is 5420. The van der Waals surface area contributed by atoms with Crippen LogP contribution in [0.4, 0.5) is 0 Å². The second kappa shape index (κ2) is 49.8. The van der Waals surface area contributed by atoms with E-state index >= 15 is 0 Å². The molecule has 29 nitrogen and oxygen atoms in total. The van der Waals surface area contributed by atoms with Crippen LogP contribution in [-0.4, -0.2) is 156 Å². The van der Waals surface area contributed by atoms with Crippen LogP contribution in [0, 0.1) is 86.2 Å². The SMILES string of the molecule is C[Si](C)(C)CCOCn1ccc2c(-c3cn[nH]c3)ncnc21.C[Si](C)(C)CCOCn1ccc2c(-c3cnn(C(CC#N)C4CCCC4)c3)ncnc21.C[Si](C)(C)CCOCn1ccc2c(-c3cnn(C(CC#N)C4CCCC4)c3)ncnc21.C[Si](C)(C)CCOCn1ccc2c(-c3cnn([C@@H](CC#N)C4CCCC4)c3)ncnc21.N#CC=CC1CCCC1.N#CC=CC1CCCC1. The minimum Gasteiger partial charge on any atom is -0.361 e. The van der Waals surface area contributed by atoms with Crippen LogP contribution in [0.25, 0.3) is 89.2 Å². The minimum absolute atomic E-state index is 0.142. The molecule has 12 aromatic rings. The van der Waals surface area contributed by atoms with Gasteiger partial charge in [0.1, 0.15) is 74.8 Å². The van der Waals surface area contributed by atoms with Gasteiger partial charge in [0.15, 0.2) is 0 Å². The van der Waals surface area contributed by atoms with Crippen molar-refractivity contribution in [3.8, 4) is 75.4 Å². The molecule has 12 aromatic heterocycles. The quantitative estimate of drug-likeness (QED) is 0.0219. The van der Waals surface area contributed by atoms with E-state index in [1.165, 1.54) is 134 Å². The highest BCUT2D eigenvalue weighted by Gasteiger charge is 2.32. The van der Waals surface area contributed by atoms with Crippen molar-refractivity contribution < 1.29 is 18.9 Å². The van der Waals surface area contributed by atoms with E-state index in [1.807, 2.05) is 149 Å². The fourth-order valence-electron chi connectivity index (χ4n) is 18.2. The molecule has 17 rings (SSSR count). The van der Waals surface area contributed by atoms with E-state index in [-0.39, 0.29) is 18.1 Å². The van der Waals surface area contributed by atoms with Crippen molar-refractivity contribution in [1.82, 2.24) is 97.7 Å². The van der Waals surface area contributed by atoms with E-state index in [9.17, 15) is 15.8 Å². The van der Waals surface area contributed by atoms with E-state index in [0.717, 1.165) is 134 Å². The normalized spacial score (nSPS) is 16.1. The Hall–Kier alpha value is -11.0. The Morgan fingerprint density at radius 3 is 0.865 bits per heavy atom. The first-order chi connectivity index (χ1) is 64.3. The average Bonchev–Trinajstić information content (AvgIpc) is 1.65. The van der Waals surface area contributed by atoms with Gasteiger partial charge in [-0.2, -0.15) is 46.7 Å². The topological polar surface area (TPSA) is 361 Å². The monoisotopic (exact) mass is 1870 g/mol. The van der Waals surface area contributed by atoms with Crippen molar-refractivity contribution >= 4 is 76.4 Å². The van der Waals surface area contributed by atoms with Gasteiger partial charge >= 0.3 is 0 Å². The molecule has 5 aliphatic rings. The van der Waals surface area contributed by atoms with Gasteiger partial charge in [-0.3, -0.25) is 19.1 Å². The van der Waals surface area contributed by atoms with Crippen LogP contribution in [0.15, 0.2) is 148 Å². The molecular formula is C100H139N25O4Si4. The summed E-state index contributed by atoms with van der Waals surface area (Å²) in [5, 5.41) is 69.1. The van der Waals surface area contributed by atoms with Gasteiger partial charge in [0.2, 0.25) is 0 Å². The molecule has 0 saturated heterocycles. The summed E-state index contributed by atoms with van der Waals surface area (Å²) >= 11 is 0. The Balaban J connectivity index is 0.000000151. The van der Waals surface area contributed by atoms with Crippen molar-refractivity contribution in [2.45, 2.75) is 295 Å². The summed E-state index contributed by atoms with van der Waals surface area (Å²) in [5.74, 6) is 3.03. The highest BCUT2D eigenvalue weighted by atomic mass is 28.3. The van der Waals surface area contributed by atoms with Crippen LogP contribution in [0.2, 0.25) is 103 Å². The zero-order valence-corrected chi connectivity index (χ0v) is 84.6. The van der Waals surface area contributed by atoms with Crippen LogP contribution in [0.1, 0.15) is 166 Å². The second-order valence-corrected chi connectivity index (χ2v) is 63.5. The molecule has 1 N–H and O–H groups in total. The number of fused-ring (bicyclic) bond motifs is 4. The van der Waals surface area contributed by atoms with Crippen LogP contribution >= 0.6 is 0 Å². The molecule has 0 bridgehead atoms. The number of allylic oxidation sites excluding steroid dienone is 4. The van der Waals surface area contributed by atoms with E-state index in [0.29, 0.717) is 75.8 Å². The van der Waals surface area contributed by atoms with Crippen molar-refractivity contribution in [2.24, 2.45) is 29.6 Å². The number of hydrogen-bond acceptors (Lipinski definition) is 21. The van der Waals surface area contributed by atoms with Crippen molar-refractivity contribution in [3.63, 3.8) is 0 Å². The third kappa shape index (κ3) is 30.0. The number of nitriles is 5. The largest absolute Gasteiger partial charge is 0.361 e. The number of nitrogens with one attached hydrogen (secondary N) is 1. The van der Waals surface area contributed by atoms with Crippen molar-refractivity contribution in [1.29, 1.82) is 26.3 Å². The lowest BCUT2D eigenvalue weighted by molar-refractivity contribution is 0.0898. The number of H-pyrrole nitrogens is 1. The molecule has 5 saturated carbocycles. The van der Waals surface area contributed by atoms with Gasteiger partial charge in [-0.25, -0.2) is 39.9 Å². The maximum Gasteiger partial charge on any atom is 0.145 e. The lowest BCUT2D eigenvalue weighted by atomic mass is 9.96. The number of nitrogens with zero attached hydrogens (tertiary/aromatic N) is 24. The highest BCUT2D eigenvalue weighted by molar-refractivity contribution is 6.77. The lowest BCUT2D eigenvalue weighted by Crippen LogP contribution is -2.22. The smallest absolute Gasteiger partial charge is 0.145 e. The summed E-state index contributed by atoms with van der Waals surface area (Å²) in [4.78, 5) is 35.9. The predicted octanol–water partition coefficient (Wildman–Crippen LogP) is 23.4. The second-order valence-electron chi connectivity index (χ2n) is 41.0. The van der Waals surface area contributed by atoms with E-state index in [1.54, 1.807) is 43.7 Å². The summed E-state index contributed by atoms with van der Waals surface area (Å²) in [7, 11) is -4.34. The molecule has 5 aliphatic carbocycles. The summed E-state index contributed by atoms with van der Waals surface area (Å²) in [6.07, 6.45) is 63.7.